The zero-order valence-corrected chi connectivity index (χ0v) is 8.61. The van der Waals surface area contributed by atoms with Crippen LogP contribution in [0.1, 0.15) is 40.0 Å². The van der Waals surface area contributed by atoms with Gasteiger partial charge in [-0.05, 0) is 39.2 Å². The van der Waals surface area contributed by atoms with E-state index in [1.54, 1.807) is 11.1 Å². The minimum absolute atomic E-state index is 0.830. The average Bonchev–Trinajstić information content (AvgIpc) is 2.55. The molecule has 0 radical (unpaired) electrons. The molecule has 0 amide bonds. The van der Waals surface area contributed by atoms with E-state index in [-0.39, 0.29) is 0 Å². The van der Waals surface area contributed by atoms with Crippen LogP contribution in [0.4, 0.5) is 0 Å². The highest BCUT2D eigenvalue weighted by Crippen LogP contribution is 2.22. The Morgan fingerprint density at radius 1 is 1.42 bits per heavy atom. The molecule has 0 aromatic heterocycles. The quantitative estimate of drug-likeness (QED) is 0.637. The number of nitrogens with one attached hydrogen (secondary N) is 1. The van der Waals surface area contributed by atoms with Crippen molar-refractivity contribution in [3.63, 3.8) is 0 Å². The first kappa shape index (κ1) is 9.79. The maximum absolute atomic E-state index is 3.42. The number of allylic oxidation sites excluding steroid dienone is 1. The normalized spacial score (nSPS) is 25.8. The topological polar surface area (TPSA) is 12.0 Å². The molecular weight excluding hydrogens is 146 g/mol. The molecule has 1 fully saturated rings. The van der Waals surface area contributed by atoms with Crippen LogP contribution in [0.15, 0.2) is 11.1 Å². The Hall–Kier alpha value is -0.300. The van der Waals surface area contributed by atoms with Crippen molar-refractivity contribution in [1.82, 2.24) is 5.32 Å². The monoisotopic (exact) mass is 167 g/mol. The van der Waals surface area contributed by atoms with Crippen LogP contribution in [0.25, 0.3) is 0 Å². The molecule has 0 spiro atoms. The second kappa shape index (κ2) is 4.66. The van der Waals surface area contributed by atoms with Crippen molar-refractivity contribution < 1.29 is 0 Å². The molecule has 0 aromatic rings. The van der Waals surface area contributed by atoms with Gasteiger partial charge in [-0.15, -0.1) is 0 Å². The summed E-state index contributed by atoms with van der Waals surface area (Å²) in [6.45, 7) is 9.26. The molecule has 1 aliphatic rings. The summed E-state index contributed by atoms with van der Waals surface area (Å²) in [6, 6.07) is 0. The Morgan fingerprint density at radius 3 is 2.67 bits per heavy atom. The Morgan fingerprint density at radius 2 is 2.17 bits per heavy atom. The van der Waals surface area contributed by atoms with E-state index >= 15 is 0 Å². The van der Waals surface area contributed by atoms with Gasteiger partial charge in [0.15, 0.2) is 0 Å². The molecule has 1 N–H and O–H groups in total. The fraction of sp³-hybridized carbons (Fsp3) is 0.818. The molecule has 1 rings (SSSR count). The van der Waals surface area contributed by atoms with Crippen molar-refractivity contribution in [2.24, 2.45) is 5.92 Å². The predicted molar refractivity (Wildman–Crippen MR) is 54.3 cm³/mol. The van der Waals surface area contributed by atoms with Crippen LogP contribution < -0.4 is 5.32 Å². The first-order chi connectivity index (χ1) is 5.75. The van der Waals surface area contributed by atoms with E-state index in [9.17, 15) is 0 Å². The van der Waals surface area contributed by atoms with E-state index in [2.05, 4.69) is 26.1 Å². The highest BCUT2D eigenvalue weighted by Gasteiger charge is 2.16. The molecule has 0 bridgehead atoms. The van der Waals surface area contributed by atoms with Gasteiger partial charge in [-0.25, -0.2) is 0 Å². The summed E-state index contributed by atoms with van der Waals surface area (Å²) in [5.74, 6) is 0.830. The third-order valence-corrected chi connectivity index (χ3v) is 2.97. The first-order valence-electron chi connectivity index (χ1n) is 5.12. The van der Waals surface area contributed by atoms with Gasteiger partial charge in [0, 0.05) is 6.54 Å². The summed E-state index contributed by atoms with van der Waals surface area (Å²) >= 11 is 0. The molecule has 12 heavy (non-hydrogen) atoms. The summed E-state index contributed by atoms with van der Waals surface area (Å²) in [5, 5.41) is 3.42. The van der Waals surface area contributed by atoms with Crippen LogP contribution in [0, 0.1) is 5.92 Å². The number of hydrogen-bond acceptors (Lipinski definition) is 1. The molecule has 0 aromatic carbocycles. The first-order valence-corrected chi connectivity index (χ1v) is 5.12. The van der Waals surface area contributed by atoms with Crippen molar-refractivity contribution in [3.8, 4) is 0 Å². The highest BCUT2D eigenvalue weighted by molar-refractivity contribution is 5.14. The Bertz CT molecular complexity index is 164. The van der Waals surface area contributed by atoms with Crippen LogP contribution in [0.3, 0.4) is 0 Å². The van der Waals surface area contributed by atoms with Crippen LogP contribution in [0.5, 0.6) is 0 Å². The second-order valence-corrected chi connectivity index (χ2v) is 3.90. The zero-order chi connectivity index (χ0) is 8.97. The van der Waals surface area contributed by atoms with Gasteiger partial charge in [0.25, 0.3) is 0 Å². The van der Waals surface area contributed by atoms with Crippen molar-refractivity contribution in [2.75, 3.05) is 13.1 Å². The largest absolute Gasteiger partial charge is 0.316 e. The lowest BCUT2D eigenvalue weighted by atomic mass is 9.94. The number of hydrogen-bond donors (Lipinski definition) is 1. The van der Waals surface area contributed by atoms with Gasteiger partial charge in [0.2, 0.25) is 0 Å². The van der Waals surface area contributed by atoms with Crippen molar-refractivity contribution in [1.29, 1.82) is 0 Å². The van der Waals surface area contributed by atoms with E-state index in [4.69, 9.17) is 0 Å². The van der Waals surface area contributed by atoms with Gasteiger partial charge in [0.05, 0.1) is 0 Å². The van der Waals surface area contributed by atoms with Crippen molar-refractivity contribution in [3.05, 3.63) is 11.1 Å². The lowest BCUT2D eigenvalue weighted by Gasteiger charge is -2.12. The molecule has 0 aliphatic carbocycles. The lowest BCUT2D eigenvalue weighted by molar-refractivity contribution is 0.664. The summed E-state index contributed by atoms with van der Waals surface area (Å²) in [6.07, 6.45) is 3.90. The second-order valence-electron chi connectivity index (χ2n) is 3.90. The van der Waals surface area contributed by atoms with Gasteiger partial charge < -0.3 is 5.32 Å². The maximum atomic E-state index is 3.42. The summed E-state index contributed by atoms with van der Waals surface area (Å²) in [4.78, 5) is 0. The molecule has 0 saturated carbocycles. The minimum Gasteiger partial charge on any atom is -0.316 e. The molecule has 70 valence electrons. The standard InChI is InChI=1S/C11H21N/c1-4-5-9(2)10(3)11-6-7-12-8-11/h11-12H,4-8H2,1-3H3/b10-9+. The van der Waals surface area contributed by atoms with Crippen LogP contribution in [0.2, 0.25) is 0 Å². The van der Waals surface area contributed by atoms with E-state index in [1.165, 1.54) is 32.4 Å². The highest BCUT2D eigenvalue weighted by atomic mass is 14.9. The molecule has 1 atom stereocenters. The summed E-state index contributed by atoms with van der Waals surface area (Å²) in [5.41, 5.74) is 3.26. The molecular formula is C11H21N. The van der Waals surface area contributed by atoms with Crippen molar-refractivity contribution >= 4 is 0 Å². The van der Waals surface area contributed by atoms with Gasteiger partial charge in [-0.1, -0.05) is 24.5 Å². The zero-order valence-electron chi connectivity index (χ0n) is 8.61. The molecule has 1 heteroatoms. The van der Waals surface area contributed by atoms with Gasteiger partial charge in [-0.3, -0.25) is 0 Å². The molecule has 1 heterocycles. The SMILES string of the molecule is CCC/C(C)=C(\C)C1CCNC1. The van der Waals surface area contributed by atoms with Gasteiger partial charge >= 0.3 is 0 Å². The minimum atomic E-state index is 0.830. The third kappa shape index (κ3) is 2.34. The predicted octanol–water partition coefficient (Wildman–Crippen LogP) is 2.73. The van der Waals surface area contributed by atoms with Crippen LogP contribution in [-0.2, 0) is 0 Å². The van der Waals surface area contributed by atoms with E-state index < -0.39 is 0 Å². The molecule has 1 unspecified atom stereocenters. The van der Waals surface area contributed by atoms with Crippen LogP contribution >= 0.6 is 0 Å². The van der Waals surface area contributed by atoms with E-state index in [0.29, 0.717) is 0 Å². The van der Waals surface area contributed by atoms with Gasteiger partial charge in [0.1, 0.15) is 0 Å². The summed E-state index contributed by atoms with van der Waals surface area (Å²) < 4.78 is 0. The van der Waals surface area contributed by atoms with E-state index in [0.717, 1.165) is 5.92 Å². The molecule has 1 nitrogen and oxygen atoms in total. The molecule has 1 aliphatic heterocycles. The Labute approximate surface area is 76.2 Å². The third-order valence-electron chi connectivity index (χ3n) is 2.97. The van der Waals surface area contributed by atoms with Crippen LogP contribution in [-0.4, -0.2) is 13.1 Å². The Balaban J connectivity index is 2.52. The van der Waals surface area contributed by atoms with E-state index in [1.807, 2.05) is 0 Å². The maximum Gasteiger partial charge on any atom is 0.00173 e. The fourth-order valence-corrected chi connectivity index (χ4v) is 1.94. The summed E-state index contributed by atoms with van der Waals surface area (Å²) in [7, 11) is 0. The van der Waals surface area contributed by atoms with Gasteiger partial charge in [-0.2, -0.15) is 0 Å². The number of rotatable bonds is 3. The smallest absolute Gasteiger partial charge is 0.00173 e. The average molecular weight is 167 g/mol. The fourth-order valence-electron chi connectivity index (χ4n) is 1.94. The Kier molecular flexibility index (Phi) is 3.80. The van der Waals surface area contributed by atoms with Crippen molar-refractivity contribution in [2.45, 2.75) is 40.0 Å². The molecule has 1 saturated heterocycles. The lowest BCUT2D eigenvalue weighted by Crippen LogP contribution is -2.10.